The number of sulfonamides is 1. The van der Waals surface area contributed by atoms with Gasteiger partial charge in [0.2, 0.25) is 10.0 Å². The average molecular weight is 335 g/mol. The van der Waals surface area contributed by atoms with Gasteiger partial charge < -0.3 is 5.73 Å². The summed E-state index contributed by atoms with van der Waals surface area (Å²) in [6.07, 6.45) is 5.88. The summed E-state index contributed by atoms with van der Waals surface area (Å²) in [5.74, 6) is -0.571. The van der Waals surface area contributed by atoms with Crippen LogP contribution in [-0.2, 0) is 10.0 Å². The minimum Gasteiger partial charge on any atom is -0.324 e. The lowest BCUT2D eigenvalue weighted by atomic mass is 9.92. The first-order chi connectivity index (χ1) is 9.82. The predicted octanol–water partition coefficient (Wildman–Crippen LogP) is 2.81. The number of hydrogen-bond acceptors (Lipinski definition) is 3. The second kappa shape index (κ2) is 6.60. The van der Waals surface area contributed by atoms with Crippen LogP contribution in [0.4, 0.5) is 4.39 Å². The Morgan fingerprint density at radius 2 is 1.86 bits per heavy atom. The van der Waals surface area contributed by atoms with Gasteiger partial charge in [-0.15, -0.1) is 0 Å². The van der Waals surface area contributed by atoms with Crippen LogP contribution in [0.2, 0.25) is 5.02 Å². The highest BCUT2D eigenvalue weighted by Gasteiger charge is 2.29. The molecular formula is C14H20ClFN2O2S. The molecule has 1 fully saturated rings. The van der Waals surface area contributed by atoms with Crippen LogP contribution in [-0.4, -0.2) is 20.5 Å². The fourth-order valence-corrected chi connectivity index (χ4v) is 4.29. The van der Waals surface area contributed by atoms with E-state index in [1.165, 1.54) is 0 Å². The molecular weight excluding hydrogens is 315 g/mol. The Morgan fingerprint density at radius 1 is 1.24 bits per heavy atom. The van der Waals surface area contributed by atoms with Gasteiger partial charge >= 0.3 is 0 Å². The summed E-state index contributed by atoms with van der Waals surface area (Å²) in [5, 5.41) is -0.130. The molecule has 0 aromatic heterocycles. The van der Waals surface area contributed by atoms with E-state index in [1.54, 1.807) is 0 Å². The molecule has 1 saturated carbocycles. The predicted molar refractivity (Wildman–Crippen MR) is 81.2 cm³/mol. The van der Waals surface area contributed by atoms with Crippen molar-refractivity contribution >= 4 is 21.6 Å². The molecule has 118 valence electrons. The summed E-state index contributed by atoms with van der Waals surface area (Å²) < 4.78 is 40.0. The van der Waals surface area contributed by atoms with Crippen LogP contribution in [0, 0.1) is 5.82 Å². The lowest BCUT2D eigenvalue weighted by molar-refractivity contribution is 0.369. The van der Waals surface area contributed by atoms with Crippen molar-refractivity contribution in [2.45, 2.75) is 49.0 Å². The molecule has 0 bridgehead atoms. The van der Waals surface area contributed by atoms with Gasteiger partial charge in [0.25, 0.3) is 0 Å². The Labute approximate surface area is 129 Å². The topological polar surface area (TPSA) is 72.2 Å². The van der Waals surface area contributed by atoms with Crippen LogP contribution in [0.5, 0.6) is 0 Å². The highest BCUT2D eigenvalue weighted by atomic mass is 35.5. The van der Waals surface area contributed by atoms with E-state index in [4.69, 9.17) is 17.3 Å². The number of hydrogen-bond donors (Lipinski definition) is 2. The van der Waals surface area contributed by atoms with Crippen LogP contribution >= 0.6 is 11.6 Å². The van der Waals surface area contributed by atoms with Gasteiger partial charge in [0.05, 0.1) is 5.02 Å². The zero-order valence-electron chi connectivity index (χ0n) is 11.7. The van der Waals surface area contributed by atoms with Crippen molar-refractivity contribution in [1.29, 1.82) is 0 Å². The highest BCUT2D eigenvalue weighted by molar-refractivity contribution is 7.89. The zero-order chi connectivity index (χ0) is 15.5. The molecule has 0 amide bonds. The second-order valence-corrected chi connectivity index (χ2v) is 7.82. The van der Waals surface area contributed by atoms with Crippen molar-refractivity contribution in [2.75, 3.05) is 6.54 Å². The van der Waals surface area contributed by atoms with E-state index in [0.717, 1.165) is 56.7 Å². The maximum atomic E-state index is 13.0. The Kier molecular flexibility index (Phi) is 5.24. The van der Waals surface area contributed by atoms with Crippen LogP contribution in [0.1, 0.15) is 38.5 Å². The third kappa shape index (κ3) is 4.39. The van der Waals surface area contributed by atoms with E-state index in [9.17, 15) is 12.8 Å². The molecule has 4 nitrogen and oxygen atoms in total. The molecule has 0 atom stereocenters. The summed E-state index contributed by atoms with van der Waals surface area (Å²) in [5.41, 5.74) is 5.77. The van der Waals surface area contributed by atoms with Crippen molar-refractivity contribution in [3.8, 4) is 0 Å². The summed E-state index contributed by atoms with van der Waals surface area (Å²) >= 11 is 5.81. The molecule has 1 aliphatic carbocycles. The minimum absolute atomic E-state index is 0.122. The molecule has 0 heterocycles. The summed E-state index contributed by atoms with van der Waals surface area (Å²) in [7, 11) is -3.79. The van der Waals surface area contributed by atoms with Gasteiger partial charge in [0, 0.05) is 12.1 Å². The van der Waals surface area contributed by atoms with Gasteiger partial charge in [-0.3, -0.25) is 0 Å². The largest absolute Gasteiger partial charge is 0.324 e. The molecule has 1 aromatic carbocycles. The van der Waals surface area contributed by atoms with Gasteiger partial charge in [0.15, 0.2) is 0 Å². The highest BCUT2D eigenvalue weighted by Crippen LogP contribution is 2.26. The smallest absolute Gasteiger partial charge is 0.242 e. The van der Waals surface area contributed by atoms with E-state index >= 15 is 0 Å². The van der Waals surface area contributed by atoms with E-state index < -0.39 is 21.4 Å². The van der Waals surface area contributed by atoms with E-state index in [-0.39, 0.29) is 16.5 Å². The minimum atomic E-state index is -3.79. The lowest BCUT2D eigenvalue weighted by Gasteiger charge is -2.28. The fourth-order valence-electron chi connectivity index (χ4n) is 2.62. The first-order valence-corrected chi connectivity index (χ1v) is 8.92. The first kappa shape index (κ1) is 16.7. The molecule has 21 heavy (non-hydrogen) atoms. The third-order valence-corrected chi connectivity index (χ3v) is 5.78. The number of benzene rings is 1. The lowest BCUT2D eigenvalue weighted by Crippen LogP contribution is -2.49. The molecule has 2 rings (SSSR count). The zero-order valence-corrected chi connectivity index (χ0v) is 13.3. The molecule has 0 spiro atoms. The van der Waals surface area contributed by atoms with Gasteiger partial charge in [-0.2, -0.15) is 0 Å². The Hall–Kier alpha value is -0.690. The van der Waals surface area contributed by atoms with Crippen molar-refractivity contribution in [3.05, 3.63) is 29.0 Å². The van der Waals surface area contributed by atoms with E-state index in [0.29, 0.717) is 0 Å². The summed E-state index contributed by atoms with van der Waals surface area (Å²) in [6.45, 7) is 0.170. The molecule has 1 aliphatic rings. The molecule has 0 aliphatic heterocycles. The standard InChI is InChI=1S/C14H20ClFN2O2S/c15-12-9-11(16)5-6-13(12)21(19,20)18-10-14(17)7-3-1-2-4-8-14/h5-6,9,18H,1-4,7-8,10,17H2. The van der Waals surface area contributed by atoms with Crippen molar-refractivity contribution in [1.82, 2.24) is 4.72 Å². The van der Waals surface area contributed by atoms with Crippen molar-refractivity contribution < 1.29 is 12.8 Å². The second-order valence-electron chi connectivity index (χ2n) is 5.68. The number of halogens is 2. The van der Waals surface area contributed by atoms with Crippen molar-refractivity contribution in [2.24, 2.45) is 5.73 Å². The number of nitrogens with one attached hydrogen (secondary N) is 1. The van der Waals surface area contributed by atoms with Gasteiger partial charge in [-0.25, -0.2) is 17.5 Å². The SMILES string of the molecule is NC1(CNS(=O)(=O)c2ccc(F)cc2Cl)CCCCCC1. The van der Waals surface area contributed by atoms with Crippen LogP contribution in [0.25, 0.3) is 0 Å². The van der Waals surface area contributed by atoms with Crippen molar-refractivity contribution in [3.63, 3.8) is 0 Å². The molecule has 0 saturated heterocycles. The summed E-state index contributed by atoms with van der Waals surface area (Å²) in [6, 6.07) is 3.22. The van der Waals surface area contributed by atoms with Gasteiger partial charge in [-0.1, -0.05) is 37.3 Å². The maximum absolute atomic E-state index is 13.0. The Bertz CT molecular complexity index is 599. The molecule has 0 radical (unpaired) electrons. The van der Waals surface area contributed by atoms with Gasteiger partial charge in [0.1, 0.15) is 10.7 Å². The normalized spacial score (nSPS) is 19.2. The molecule has 7 heteroatoms. The quantitative estimate of drug-likeness (QED) is 0.832. The van der Waals surface area contributed by atoms with Gasteiger partial charge in [-0.05, 0) is 31.0 Å². The Balaban J connectivity index is 2.10. The number of rotatable bonds is 4. The van der Waals surface area contributed by atoms with Crippen LogP contribution in [0.3, 0.4) is 0 Å². The molecule has 0 unspecified atom stereocenters. The third-order valence-electron chi connectivity index (χ3n) is 3.90. The number of nitrogens with two attached hydrogens (primary N) is 1. The summed E-state index contributed by atoms with van der Waals surface area (Å²) in [4.78, 5) is -0.122. The Morgan fingerprint density at radius 3 is 2.43 bits per heavy atom. The van der Waals surface area contributed by atoms with Crippen LogP contribution < -0.4 is 10.5 Å². The van der Waals surface area contributed by atoms with Crippen LogP contribution in [0.15, 0.2) is 23.1 Å². The maximum Gasteiger partial charge on any atom is 0.242 e. The fraction of sp³-hybridized carbons (Fsp3) is 0.571. The average Bonchev–Trinajstić information content (AvgIpc) is 2.62. The van der Waals surface area contributed by atoms with E-state index in [2.05, 4.69) is 4.72 Å². The van der Waals surface area contributed by atoms with E-state index in [1.807, 2.05) is 0 Å². The monoisotopic (exact) mass is 334 g/mol. The first-order valence-electron chi connectivity index (χ1n) is 7.06. The molecule has 3 N–H and O–H groups in total. The molecule has 1 aromatic rings.